The van der Waals surface area contributed by atoms with Crippen molar-refractivity contribution in [1.82, 2.24) is 9.78 Å². The normalized spacial score (nSPS) is 12.6. The summed E-state index contributed by atoms with van der Waals surface area (Å²) in [6.07, 6.45) is 0. The van der Waals surface area contributed by atoms with Crippen LogP contribution in [-0.4, -0.2) is 14.0 Å². The number of nitrogen functional groups attached to an aromatic ring is 1. The molecular weight excluding hydrogens is 333 g/mol. The zero-order valence-electron chi connectivity index (χ0n) is 10.5. The highest BCUT2D eigenvalue weighted by Crippen LogP contribution is 2.24. The van der Waals surface area contributed by atoms with Crippen LogP contribution in [0.15, 0.2) is 27.6 Å². The SMILES string of the molecule is Cc1nn(C)c(CS(=O)c2cc(N)cc(F)c2)c1Br. The molecule has 0 saturated heterocycles. The third-order valence-electron chi connectivity index (χ3n) is 2.69. The molecule has 1 atom stereocenters. The van der Waals surface area contributed by atoms with Gasteiger partial charge in [-0.2, -0.15) is 5.10 Å². The molecule has 4 nitrogen and oxygen atoms in total. The van der Waals surface area contributed by atoms with Crippen LogP contribution >= 0.6 is 15.9 Å². The van der Waals surface area contributed by atoms with Crippen molar-refractivity contribution in [3.8, 4) is 0 Å². The first-order chi connectivity index (χ1) is 8.88. The second kappa shape index (κ2) is 5.42. The summed E-state index contributed by atoms with van der Waals surface area (Å²) in [4.78, 5) is 0.378. The summed E-state index contributed by atoms with van der Waals surface area (Å²) in [5, 5.41) is 4.23. The van der Waals surface area contributed by atoms with Gasteiger partial charge >= 0.3 is 0 Å². The fourth-order valence-electron chi connectivity index (χ4n) is 1.76. The molecule has 0 spiro atoms. The Labute approximate surface area is 121 Å². The minimum Gasteiger partial charge on any atom is -0.399 e. The minimum atomic E-state index is -1.37. The van der Waals surface area contributed by atoms with Gasteiger partial charge in [-0.05, 0) is 41.1 Å². The van der Waals surface area contributed by atoms with Crippen molar-refractivity contribution in [2.45, 2.75) is 17.6 Å². The van der Waals surface area contributed by atoms with Gasteiger partial charge in [-0.3, -0.25) is 8.89 Å². The Morgan fingerprint density at radius 3 is 2.68 bits per heavy atom. The summed E-state index contributed by atoms with van der Waals surface area (Å²) in [6, 6.07) is 3.96. The van der Waals surface area contributed by atoms with Gasteiger partial charge in [0.25, 0.3) is 0 Å². The monoisotopic (exact) mass is 345 g/mol. The molecule has 2 rings (SSSR count). The smallest absolute Gasteiger partial charge is 0.126 e. The molecule has 7 heteroatoms. The molecule has 1 heterocycles. The number of anilines is 1. The van der Waals surface area contributed by atoms with Gasteiger partial charge in [0.1, 0.15) is 5.82 Å². The van der Waals surface area contributed by atoms with Crippen LogP contribution in [0, 0.1) is 12.7 Å². The number of nitrogens with two attached hydrogens (primary N) is 1. The quantitative estimate of drug-likeness (QED) is 0.869. The predicted octanol–water partition coefficient (Wildman–Crippen LogP) is 2.52. The van der Waals surface area contributed by atoms with E-state index in [0.717, 1.165) is 15.9 Å². The maximum Gasteiger partial charge on any atom is 0.126 e. The summed E-state index contributed by atoms with van der Waals surface area (Å²) < 4.78 is 28.0. The molecule has 1 aromatic heterocycles. The highest BCUT2D eigenvalue weighted by molar-refractivity contribution is 9.10. The van der Waals surface area contributed by atoms with Gasteiger partial charge in [-0.15, -0.1) is 0 Å². The second-order valence-electron chi connectivity index (χ2n) is 4.18. The maximum absolute atomic E-state index is 13.2. The molecule has 0 aliphatic rings. The van der Waals surface area contributed by atoms with E-state index in [1.54, 1.807) is 11.7 Å². The largest absolute Gasteiger partial charge is 0.399 e. The van der Waals surface area contributed by atoms with Crippen molar-refractivity contribution in [2.75, 3.05) is 5.73 Å². The number of aromatic nitrogens is 2. The molecule has 2 N–H and O–H groups in total. The second-order valence-corrected chi connectivity index (χ2v) is 6.42. The Kier molecular flexibility index (Phi) is 4.05. The van der Waals surface area contributed by atoms with Crippen LogP contribution in [0.25, 0.3) is 0 Å². The molecule has 19 heavy (non-hydrogen) atoms. The fourth-order valence-corrected chi connectivity index (χ4v) is 3.68. The average molecular weight is 346 g/mol. The van der Waals surface area contributed by atoms with E-state index in [-0.39, 0.29) is 11.4 Å². The summed E-state index contributed by atoms with van der Waals surface area (Å²) in [6.45, 7) is 1.86. The van der Waals surface area contributed by atoms with E-state index in [0.29, 0.717) is 4.90 Å². The molecule has 2 aromatic rings. The zero-order chi connectivity index (χ0) is 14.2. The number of benzene rings is 1. The average Bonchev–Trinajstić information content (AvgIpc) is 2.54. The van der Waals surface area contributed by atoms with E-state index >= 15 is 0 Å². The van der Waals surface area contributed by atoms with Crippen LogP contribution in [-0.2, 0) is 23.6 Å². The summed E-state index contributed by atoms with van der Waals surface area (Å²) in [5.74, 6) is -0.232. The lowest BCUT2D eigenvalue weighted by molar-refractivity contribution is 0.623. The van der Waals surface area contributed by atoms with Crippen LogP contribution in [0.4, 0.5) is 10.1 Å². The first-order valence-corrected chi connectivity index (χ1v) is 7.62. The Morgan fingerprint density at radius 1 is 1.47 bits per heavy atom. The fraction of sp³-hybridized carbons (Fsp3) is 0.250. The third kappa shape index (κ3) is 3.03. The van der Waals surface area contributed by atoms with Crippen molar-refractivity contribution < 1.29 is 8.60 Å². The Morgan fingerprint density at radius 2 is 2.16 bits per heavy atom. The zero-order valence-corrected chi connectivity index (χ0v) is 12.9. The van der Waals surface area contributed by atoms with Crippen molar-refractivity contribution in [2.24, 2.45) is 7.05 Å². The lowest BCUT2D eigenvalue weighted by Crippen LogP contribution is -2.04. The van der Waals surface area contributed by atoms with Crippen LogP contribution in [0.1, 0.15) is 11.4 Å². The van der Waals surface area contributed by atoms with Crippen molar-refractivity contribution in [3.05, 3.63) is 39.9 Å². The number of nitrogens with zero attached hydrogens (tertiary/aromatic N) is 2. The molecule has 102 valence electrons. The van der Waals surface area contributed by atoms with E-state index in [1.807, 2.05) is 6.92 Å². The highest BCUT2D eigenvalue weighted by Gasteiger charge is 2.15. The topological polar surface area (TPSA) is 60.9 Å². The predicted molar refractivity (Wildman–Crippen MR) is 76.6 cm³/mol. The Balaban J connectivity index is 2.30. The Bertz CT molecular complexity index is 636. The molecule has 0 aliphatic carbocycles. The van der Waals surface area contributed by atoms with Crippen LogP contribution < -0.4 is 5.73 Å². The maximum atomic E-state index is 13.2. The van der Waals surface area contributed by atoms with E-state index in [9.17, 15) is 8.60 Å². The van der Waals surface area contributed by atoms with Crippen LogP contribution in [0.5, 0.6) is 0 Å². The minimum absolute atomic E-state index is 0.251. The standard InChI is InChI=1S/C12H13BrFN3OS/c1-7-12(13)11(17(2)16-7)6-19(18)10-4-8(14)3-9(15)5-10/h3-5H,6,15H2,1-2H3. The number of aryl methyl sites for hydroxylation is 2. The lowest BCUT2D eigenvalue weighted by Gasteiger charge is -2.05. The van der Waals surface area contributed by atoms with Gasteiger partial charge in [0.05, 0.1) is 32.4 Å². The van der Waals surface area contributed by atoms with Crippen molar-refractivity contribution >= 4 is 32.4 Å². The molecule has 0 amide bonds. The van der Waals surface area contributed by atoms with Crippen molar-refractivity contribution in [3.63, 3.8) is 0 Å². The molecule has 0 saturated carbocycles. The van der Waals surface area contributed by atoms with E-state index in [1.165, 1.54) is 18.2 Å². The van der Waals surface area contributed by atoms with Crippen molar-refractivity contribution in [1.29, 1.82) is 0 Å². The highest BCUT2D eigenvalue weighted by atomic mass is 79.9. The van der Waals surface area contributed by atoms with E-state index < -0.39 is 16.6 Å². The van der Waals surface area contributed by atoms with Gasteiger partial charge in [0, 0.05) is 17.6 Å². The first kappa shape index (κ1) is 14.2. The number of rotatable bonds is 3. The lowest BCUT2D eigenvalue weighted by atomic mass is 10.3. The van der Waals surface area contributed by atoms with E-state index in [4.69, 9.17) is 5.73 Å². The number of halogens is 2. The number of hydrogen-bond acceptors (Lipinski definition) is 3. The molecule has 0 fully saturated rings. The van der Waals surface area contributed by atoms with Gasteiger partial charge < -0.3 is 5.73 Å². The van der Waals surface area contributed by atoms with Gasteiger partial charge in [0.15, 0.2) is 0 Å². The summed E-state index contributed by atoms with van der Waals surface area (Å²) in [7, 11) is 0.409. The Hall–Kier alpha value is -1.21. The van der Waals surface area contributed by atoms with Gasteiger partial charge in [-0.25, -0.2) is 4.39 Å². The summed E-state index contributed by atoms with van der Waals surface area (Å²) >= 11 is 3.41. The van der Waals surface area contributed by atoms with Crippen LogP contribution in [0.2, 0.25) is 0 Å². The van der Waals surface area contributed by atoms with E-state index in [2.05, 4.69) is 21.0 Å². The third-order valence-corrected chi connectivity index (χ3v) is 5.01. The summed E-state index contributed by atoms with van der Waals surface area (Å²) in [5.41, 5.74) is 7.45. The molecule has 1 unspecified atom stereocenters. The molecule has 0 radical (unpaired) electrons. The molecule has 0 bridgehead atoms. The van der Waals surface area contributed by atoms with Gasteiger partial charge in [0.2, 0.25) is 0 Å². The molecule has 1 aromatic carbocycles. The number of hydrogen-bond donors (Lipinski definition) is 1. The van der Waals surface area contributed by atoms with Gasteiger partial charge in [-0.1, -0.05) is 0 Å². The molecule has 0 aliphatic heterocycles. The van der Waals surface area contributed by atoms with Crippen LogP contribution in [0.3, 0.4) is 0 Å². The molecular formula is C12H13BrFN3OS. The first-order valence-electron chi connectivity index (χ1n) is 5.51.